The molecule has 0 aliphatic carbocycles. The average molecular weight is 359 g/mol. The fourth-order valence-electron chi connectivity index (χ4n) is 2.82. The molecule has 2 N–H and O–H groups in total. The maximum absolute atomic E-state index is 5.55. The van der Waals surface area contributed by atoms with Crippen LogP contribution in [0.15, 0.2) is 23.2 Å². The van der Waals surface area contributed by atoms with Gasteiger partial charge in [0, 0.05) is 38.1 Å². The maximum Gasteiger partial charge on any atom is 0.195 e. The van der Waals surface area contributed by atoms with E-state index in [1.165, 1.54) is 11.3 Å². The van der Waals surface area contributed by atoms with Crippen molar-refractivity contribution in [3.8, 4) is 11.5 Å². The van der Waals surface area contributed by atoms with Crippen LogP contribution in [-0.2, 0) is 13.5 Å². The van der Waals surface area contributed by atoms with Crippen molar-refractivity contribution in [3.05, 3.63) is 35.2 Å². The van der Waals surface area contributed by atoms with E-state index in [1.807, 2.05) is 43.8 Å². The molecule has 2 aromatic rings. The molecule has 1 aromatic carbocycles. The number of aryl methyl sites for hydroxylation is 2. The lowest BCUT2D eigenvalue weighted by atomic mass is 10.1. The number of hydrogen-bond acceptors (Lipinski definition) is 4. The summed E-state index contributed by atoms with van der Waals surface area (Å²) in [6.07, 6.45) is 0.888. The summed E-state index contributed by atoms with van der Waals surface area (Å²) in [7, 11) is 5.36. The maximum atomic E-state index is 5.55. The lowest BCUT2D eigenvalue weighted by Gasteiger charge is -2.14. The normalized spacial score (nSPS) is 11.4. The summed E-state index contributed by atoms with van der Waals surface area (Å²) < 4.78 is 12.9. The monoisotopic (exact) mass is 359 g/mol. The van der Waals surface area contributed by atoms with Crippen LogP contribution in [0.4, 0.5) is 5.69 Å². The summed E-state index contributed by atoms with van der Waals surface area (Å²) in [5.74, 6) is 2.12. The predicted octanol–water partition coefficient (Wildman–Crippen LogP) is 2.67. The third-order valence-electron chi connectivity index (χ3n) is 4.28. The van der Waals surface area contributed by atoms with Gasteiger partial charge in [-0.1, -0.05) is 0 Å². The Morgan fingerprint density at radius 1 is 1.27 bits per heavy atom. The van der Waals surface area contributed by atoms with Crippen LogP contribution in [0, 0.1) is 13.8 Å². The first-order chi connectivity index (χ1) is 12.5. The highest BCUT2D eigenvalue weighted by atomic mass is 16.5. The molecule has 1 aromatic heterocycles. The van der Waals surface area contributed by atoms with Crippen LogP contribution in [0.1, 0.15) is 23.9 Å². The topological polar surface area (TPSA) is 72.7 Å². The number of methoxy groups -OCH3 is 1. The number of anilines is 1. The smallest absolute Gasteiger partial charge is 0.195 e. The number of rotatable bonds is 7. The fourth-order valence-corrected chi connectivity index (χ4v) is 2.82. The van der Waals surface area contributed by atoms with Gasteiger partial charge < -0.3 is 20.1 Å². The lowest BCUT2D eigenvalue weighted by Crippen LogP contribution is -2.32. The Bertz CT molecular complexity index is 768. The Morgan fingerprint density at radius 2 is 2.04 bits per heavy atom. The van der Waals surface area contributed by atoms with E-state index in [1.54, 1.807) is 14.2 Å². The Labute approximate surface area is 155 Å². The van der Waals surface area contributed by atoms with Gasteiger partial charge in [-0.05, 0) is 44.9 Å². The van der Waals surface area contributed by atoms with E-state index in [2.05, 4.69) is 27.6 Å². The predicted molar refractivity (Wildman–Crippen MR) is 106 cm³/mol. The molecule has 0 atom stereocenters. The molecule has 7 heteroatoms. The zero-order valence-electron chi connectivity index (χ0n) is 16.5. The van der Waals surface area contributed by atoms with E-state index >= 15 is 0 Å². The number of nitrogens with one attached hydrogen (secondary N) is 2. The van der Waals surface area contributed by atoms with Crippen LogP contribution in [0.5, 0.6) is 11.5 Å². The van der Waals surface area contributed by atoms with E-state index in [-0.39, 0.29) is 0 Å². The van der Waals surface area contributed by atoms with Gasteiger partial charge in [-0.2, -0.15) is 5.10 Å². The van der Waals surface area contributed by atoms with Crippen molar-refractivity contribution in [2.45, 2.75) is 27.2 Å². The highest BCUT2D eigenvalue weighted by molar-refractivity contribution is 5.93. The number of hydrogen-bond donors (Lipinski definition) is 2. The molecular weight excluding hydrogens is 330 g/mol. The van der Waals surface area contributed by atoms with Crippen LogP contribution in [-0.4, -0.2) is 43.0 Å². The molecule has 0 bridgehead atoms. The highest BCUT2D eigenvalue weighted by Gasteiger charge is 2.10. The molecule has 0 saturated carbocycles. The van der Waals surface area contributed by atoms with Crippen LogP contribution in [0.25, 0.3) is 0 Å². The first-order valence-corrected chi connectivity index (χ1v) is 8.77. The number of aromatic nitrogens is 2. The largest absolute Gasteiger partial charge is 0.493 e. The van der Waals surface area contributed by atoms with E-state index in [0.29, 0.717) is 18.3 Å². The Hall–Kier alpha value is -2.70. The van der Waals surface area contributed by atoms with Gasteiger partial charge >= 0.3 is 0 Å². The summed E-state index contributed by atoms with van der Waals surface area (Å²) in [4.78, 5) is 4.28. The Morgan fingerprint density at radius 3 is 2.62 bits per heavy atom. The molecule has 0 aliphatic rings. The van der Waals surface area contributed by atoms with Crippen LogP contribution >= 0.6 is 0 Å². The number of nitrogens with zero attached hydrogens (tertiary/aromatic N) is 3. The Balaban J connectivity index is 1.97. The van der Waals surface area contributed by atoms with Crippen molar-refractivity contribution in [2.75, 3.05) is 32.6 Å². The summed E-state index contributed by atoms with van der Waals surface area (Å²) >= 11 is 0. The van der Waals surface area contributed by atoms with E-state index < -0.39 is 0 Å². The number of ether oxygens (including phenoxy) is 2. The van der Waals surface area contributed by atoms with E-state index in [0.717, 1.165) is 30.1 Å². The minimum absolute atomic E-state index is 0.597. The number of benzene rings is 1. The molecule has 0 radical (unpaired) electrons. The molecule has 0 saturated heterocycles. The summed E-state index contributed by atoms with van der Waals surface area (Å²) in [5, 5.41) is 11.1. The lowest BCUT2D eigenvalue weighted by molar-refractivity contribution is 0.311. The van der Waals surface area contributed by atoms with E-state index in [4.69, 9.17) is 9.47 Å². The van der Waals surface area contributed by atoms with Crippen molar-refractivity contribution in [3.63, 3.8) is 0 Å². The summed E-state index contributed by atoms with van der Waals surface area (Å²) in [6.45, 7) is 7.44. The van der Waals surface area contributed by atoms with Crippen molar-refractivity contribution in [1.82, 2.24) is 15.1 Å². The highest BCUT2D eigenvalue weighted by Crippen LogP contribution is 2.30. The zero-order chi connectivity index (χ0) is 19.1. The molecule has 1 heterocycles. The van der Waals surface area contributed by atoms with Gasteiger partial charge in [0.05, 0.1) is 19.4 Å². The molecule has 0 amide bonds. The van der Waals surface area contributed by atoms with Gasteiger partial charge in [0.15, 0.2) is 17.5 Å². The van der Waals surface area contributed by atoms with Crippen molar-refractivity contribution in [2.24, 2.45) is 12.0 Å². The van der Waals surface area contributed by atoms with Gasteiger partial charge in [-0.3, -0.25) is 9.67 Å². The summed E-state index contributed by atoms with van der Waals surface area (Å²) in [6, 6.07) is 5.73. The minimum atomic E-state index is 0.597. The van der Waals surface area contributed by atoms with Gasteiger partial charge in [-0.15, -0.1) is 0 Å². The first kappa shape index (κ1) is 19.6. The number of guanidine groups is 1. The molecule has 0 aliphatic heterocycles. The van der Waals surface area contributed by atoms with Crippen LogP contribution < -0.4 is 20.1 Å². The van der Waals surface area contributed by atoms with Crippen LogP contribution in [0.3, 0.4) is 0 Å². The quantitative estimate of drug-likeness (QED) is 0.587. The molecule has 2 rings (SSSR count). The molecule has 7 nitrogen and oxygen atoms in total. The molecular formula is C19H29N5O2. The third kappa shape index (κ3) is 4.68. The molecule has 142 valence electrons. The molecule has 0 spiro atoms. The minimum Gasteiger partial charge on any atom is -0.493 e. The van der Waals surface area contributed by atoms with Crippen molar-refractivity contribution in [1.29, 1.82) is 0 Å². The first-order valence-electron chi connectivity index (χ1n) is 8.77. The molecule has 26 heavy (non-hydrogen) atoms. The second kappa shape index (κ2) is 9.12. The van der Waals surface area contributed by atoms with Gasteiger partial charge in [-0.25, -0.2) is 0 Å². The van der Waals surface area contributed by atoms with Crippen molar-refractivity contribution >= 4 is 11.6 Å². The van der Waals surface area contributed by atoms with Crippen molar-refractivity contribution < 1.29 is 9.47 Å². The summed E-state index contributed by atoms with van der Waals surface area (Å²) in [5.41, 5.74) is 4.43. The van der Waals surface area contributed by atoms with Gasteiger partial charge in [0.1, 0.15) is 0 Å². The average Bonchev–Trinajstić information content (AvgIpc) is 2.88. The zero-order valence-corrected chi connectivity index (χ0v) is 16.5. The fraction of sp³-hybridized carbons (Fsp3) is 0.474. The second-order valence-corrected chi connectivity index (χ2v) is 5.95. The van der Waals surface area contributed by atoms with Gasteiger partial charge in [0.25, 0.3) is 0 Å². The third-order valence-corrected chi connectivity index (χ3v) is 4.28. The SMILES string of the molecule is CCOc1ccc(NC(=NC)NCCc2c(C)nn(C)c2C)cc1OC. The molecule has 0 unspecified atom stereocenters. The van der Waals surface area contributed by atoms with Gasteiger partial charge in [0.2, 0.25) is 0 Å². The number of aliphatic imine (C=N–C) groups is 1. The standard InChI is InChI=1S/C19H29N5O2/c1-7-26-17-9-8-15(12-18(17)25-6)22-19(20-4)21-11-10-16-13(2)23-24(5)14(16)3/h8-9,12H,7,10-11H2,1-6H3,(H2,20,21,22). The molecule has 0 fully saturated rings. The van der Waals surface area contributed by atoms with Crippen LogP contribution in [0.2, 0.25) is 0 Å². The Kier molecular flexibility index (Phi) is 6.89. The second-order valence-electron chi connectivity index (χ2n) is 5.95. The van der Waals surface area contributed by atoms with E-state index in [9.17, 15) is 0 Å².